The molecule has 26 heavy (non-hydrogen) atoms. The lowest BCUT2D eigenvalue weighted by atomic mass is 10.0. The minimum Gasteiger partial charge on any atom is -0.462 e. The lowest BCUT2D eigenvalue weighted by Gasteiger charge is -2.14. The number of ether oxygens (including phenoxy) is 1. The van der Waals surface area contributed by atoms with Crippen LogP contribution in [-0.2, 0) is 9.53 Å². The van der Waals surface area contributed by atoms with Gasteiger partial charge in [-0.25, -0.2) is 4.79 Å². The molecule has 1 N–H and O–H groups in total. The smallest absolute Gasteiger partial charge is 0.341 e. The zero-order chi connectivity index (χ0) is 18.5. The fourth-order valence-corrected chi connectivity index (χ4v) is 4.08. The third-order valence-corrected chi connectivity index (χ3v) is 5.35. The summed E-state index contributed by atoms with van der Waals surface area (Å²) in [6, 6.07) is 7.98. The summed E-state index contributed by atoms with van der Waals surface area (Å²) < 4.78 is 5.23. The highest BCUT2D eigenvalue weighted by Gasteiger charge is 2.23. The molecule has 1 aliphatic heterocycles. The number of likely N-dealkylation sites (tertiary alicyclic amines) is 1. The molecule has 0 atom stereocenters. The van der Waals surface area contributed by atoms with Crippen LogP contribution in [0.3, 0.4) is 0 Å². The number of esters is 1. The standard InChI is InChI=1S/C20H24N2O3S/c1-3-25-20(24)18-16(15-8-6-14(2)7-9-15)13-26-19(18)21-17(23)12-22-10-4-5-11-22/h6-9,13H,3-5,10-12H2,1-2H3,(H,21,23). The van der Waals surface area contributed by atoms with E-state index < -0.39 is 5.97 Å². The van der Waals surface area contributed by atoms with Crippen LogP contribution in [0.25, 0.3) is 11.1 Å². The Balaban J connectivity index is 1.85. The summed E-state index contributed by atoms with van der Waals surface area (Å²) in [5.41, 5.74) is 3.33. The van der Waals surface area contributed by atoms with E-state index in [1.54, 1.807) is 6.92 Å². The molecule has 2 heterocycles. The molecular formula is C20H24N2O3S. The van der Waals surface area contributed by atoms with Crippen molar-refractivity contribution in [3.8, 4) is 11.1 Å². The number of hydrogen-bond donors (Lipinski definition) is 1. The minimum atomic E-state index is -0.402. The average molecular weight is 372 g/mol. The summed E-state index contributed by atoms with van der Waals surface area (Å²) in [5.74, 6) is -0.490. The summed E-state index contributed by atoms with van der Waals surface area (Å²) >= 11 is 1.36. The second-order valence-corrected chi connectivity index (χ2v) is 7.35. The van der Waals surface area contributed by atoms with Gasteiger partial charge in [0.15, 0.2) is 0 Å². The molecule has 1 saturated heterocycles. The van der Waals surface area contributed by atoms with Crippen molar-refractivity contribution >= 4 is 28.2 Å². The first-order chi connectivity index (χ1) is 12.6. The van der Waals surface area contributed by atoms with Crippen LogP contribution < -0.4 is 5.32 Å². The Kier molecular flexibility index (Phi) is 6.06. The van der Waals surface area contributed by atoms with Gasteiger partial charge < -0.3 is 10.1 Å². The number of rotatable bonds is 6. The molecule has 0 unspecified atom stereocenters. The molecule has 0 radical (unpaired) electrons. The molecule has 2 aromatic rings. The molecule has 1 fully saturated rings. The van der Waals surface area contributed by atoms with Crippen LogP contribution in [0.5, 0.6) is 0 Å². The van der Waals surface area contributed by atoms with Gasteiger partial charge >= 0.3 is 5.97 Å². The largest absolute Gasteiger partial charge is 0.462 e. The minimum absolute atomic E-state index is 0.0882. The van der Waals surface area contributed by atoms with E-state index in [-0.39, 0.29) is 5.91 Å². The molecule has 0 bridgehead atoms. The van der Waals surface area contributed by atoms with Crippen molar-refractivity contribution in [2.45, 2.75) is 26.7 Å². The number of nitrogens with zero attached hydrogens (tertiary/aromatic N) is 1. The molecule has 5 nitrogen and oxygen atoms in total. The highest BCUT2D eigenvalue weighted by atomic mass is 32.1. The Morgan fingerprint density at radius 2 is 1.88 bits per heavy atom. The van der Waals surface area contributed by atoms with Gasteiger partial charge in [-0.3, -0.25) is 9.69 Å². The van der Waals surface area contributed by atoms with E-state index >= 15 is 0 Å². The van der Waals surface area contributed by atoms with Crippen molar-refractivity contribution in [2.24, 2.45) is 0 Å². The monoisotopic (exact) mass is 372 g/mol. The van der Waals surface area contributed by atoms with Crippen LogP contribution in [0.2, 0.25) is 0 Å². The first-order valence-corrected chi connectivity index (χ1v) is 9.84. The molecule has 1 amide bonds. The van der Waals surface area contributed by atoms with Crippen molar-refractivity contribution in [2.75, 3.05) is 31.6 Å². The maximum atomic E-state index is 12.5. The molecule has 3 rings (SSSR count). The number of thiophene rings is 1. The predicted octanol–water partition coefficient (Wildman–Crippen LogP) is 3.93. The van der Waals surface area contributed by atoms with Gasteiger partial charge in [0.25, 0.3) is 0 Å². The number of nitrogens with one attached hydrogen (secondary N) is 1. The second-order valence-electron chi connectivity index (χ2n) is 6.47. The van der Waals surface area contributed by atoms with Crippen LogP contribution in [-0.4, -0.2) is 43.0 Å². The van der Waals surface area contributed by atoms with E-state index in [1.165, 1.54) is 11.3 Å². The number of anilines is 1. The molecule has 0 aliphatic carbocycles. The molecule has 1 aliphatic rings. The molecule has 0 saturated carbocycles. The van der Waals surface area contributed by atoms with Gasteiger partial charge in [-0.2, -0.15) is 0 Å². The first kappa shape index (κ1) is 18.6. The maximum Gasteiger partial charge on any atom is 0.341 e. The third-order valence-electron chi connectivity index (χ3n) is 4.45. The van der Waals surface area contributed by atoms with Gasteiger partial charge in [-0.1, -0.05) is 29.8 Å². The van der Waals surface area contributed by atoms with Crippen molar-refractivity contribution in [1.29, 1.82) is 0 Å². The maximum absolute atomic E-state index is 12.5. The van der Waals surface area contributed by atoms with E-state index in [2.05, 4.69) is 10.2 Å². The van der Waals surface area contributed by atoms with Gasteiger partial charge in [-0.15, -0.1) is 11.3 Å². The molecule has 1 aromatic carbocycles. The summed E-state index contributed by atoms with van der Waals surface area (Å²) in [7, 11) is 0. The molecular weight excluding hydrogens is 348 g/mol. The Morgan fingerprint density at radius 3 is 2.54 bits per heavy atom. The molecule has 1 aromatic heterocycles. The van der Waals surface area contributed by atoms with E-state index in [0.29, 0.717) is 23.7 Å². The average Bonchev–Trinajstić information content (AvgIpc) is 3.25. The topological polar surface area (TPSA) is 58.6 Å². The van der Waals surface area contributed by atoms with Gasteiger partial charge in [-0.05, 0) is 45.3 Å². The van der Waals surface area contributed by atoms with E-state index in [9.17, 15) is 9.59 Å². The van der Waals surface area contributed by atoms with Gasteiger partial charge in [0.05, 0.1) is 13.2 Å². The van der Waals surface area contributed by atoms with Gasteiger partial charge in [0.1, 0.15) is 10.6 Å². The summed E-state index contributed by atoms with van der Waals surface area (Å²) in [4.78, 5) is 27.1. The lowest BCUT2D eigenvalue weighted by Crippen LogP contribution is -2.31. The molecule has 138 valence electrons. The second kappa shape index (κ2) is 8.47. The van der Waals surface area contributed by atoms with Gasteiger partial charge in [0.2, 0.25) is 5.91 Å². The quantitative estimate of drug-likeness (QED) is 0.781. The highest BCUT2D eigenvalue weighted by Crippen LogP contribution is 2.36. The third kappa shape index (κ3) is 4.31. The number of hydrogen-bond acceptors (Lipinski definition) is 5. The first-order valence-electron chi connectivity index (χ1n) is 8.96. The van der Waals surface area contributed by atoms with Crippen LogP contribution >= 0.6 is 11.3 Å². The van der Waals surface area contributed by atoms with Crippen LogP contribution in [0.15, 0.2) is 29.6 Å². The van der Waals surface area contributed by atoms with Crippen molar-refractivity contribution in [1.82, 2.24) is 4.90 Å². The highest BCUT2D eigenvalue weighted by molar-refractivity contribution is 7.15. The van der Waals surface area contributed by atoms with Crippen molar-refractivity contribution in [3.63, 3.8) is 0 Å². The fraction of sp³-hybridized carbons (Fsp3) is 0.400. The number of amides is 1. The predicted molar refractivity (Wildman–Crippen MR) is 105 cm³/mol. The van der Waals surface area contributed by atoms with Gasteiger partial charge in [0, 0.05) is 10.9 Å². The fourth-order valence-electron chi connectivity index (χ4n) is 3.11. The van der Waals surface area contributed by atoms with E-state index in [1.807, 2.05) is 36.6 Å². The Bertz CT molecular complexity index is 777. The van der Waals surface area contributed by atoms with Crippen LogP contribution in [0.4, 0.5) is 5.00 Å². The number of carbonyl (C=O) groups is 2. The lowest BCUT2D eigenvalue weighted by molar-refractivity contribution is -0.117. The normalized spacial score (nSPS) is 14.4. The van der Waals surface area contributed by atoms with Crippen molar-refractivity contribution < 1.29 is 14.3 Å². The van der Waals surface area contributed by atoms with E-state index in [4.69, 9.17) is 4.74 Å². The van der Waals surface area contributed by atoms with Crippen LogP contribution in [0.1, 0.15) is 35.7 Å². The summed E-state index contributed by atoms with van der Waals surface area (Å²) in [5, 5.41) is 5.38. The Morgan fingerprint density at radius 1 is 1.19 bits per heavy atom. The Hall–Kier alpha value is -2.18. The van der Waals surface area contributed by atoms with Crippen molar-refractivity contribution in [3.05, 3.63) is 40.8 Å². The molecule has 0 spiro atoms. The zero-order valence-electron chi connectivity index (χ0n) is 15.2. The summed E-state index contributed by atoms with van der Waals surface area (Å²) in [6.45, 7) is 6.37. The summed E-state index contributed by atoms with van der Waals surface area (Å²) in [6.07, 6.45) is 2.27. The number of carbonyl (C=O) groups excluding carboxylic acids is 2. The molecule has 6 heteroatoms. The number of benzene rings is 1. The van der Waals surface area contributed by atoms with Crippen LogP contribution in [0, 0.1) is 6.92 Å². The number of aryl methyl sites for hydroxylation is 1. The van der Waals surface area contributed by atoms with E-state index in [0.717, 1.165) is 42.6 Å². The zero-order valence-corrected chi connectivity index (χ0v) is 16.0. The SMILES string of the molecule is CCOC(=O)c1c(-c2ccc(C)cc2)csc1NC(=O)CN1CCCC1. The Labute approximate surface area is 158 Å².